The minimum atomic E-state index is -0.253. The van der Waals surface area contributed by atoms with E-state index >= 15 is 0 Å². The van der Waals surface area contributed by atoms with E-state index in [1.807, 2.05) is 12.1 Å². The first-order valence-electron chi connectivity index (χ1n) is 7.60. The zero-order chi connectivity index (χ0) is 19.5. The number of nitriles is 2. The van der Waals surface area contributed by atoms with Crippen molar-refractivity contribution in [3.8, 4) is 12.1 Å². The van der Waals surface area contributed by atoms with Crippen LogP contribution >= 0.6 is 0 Å². The monoisotopic (exact) mass is 344 g/mol. The molecule has 0 radical (unpaired) electrons. The van der Waals surface area contributed by atoms with E-state index in [9.17, 15) is 14.4 Å². The Morgan fingerprint density at radius 3 is 1.46 bits per heavy atom. The van der Waals surface area contributed by atoms with E-state index in [4.69, 9.17) is 10.5 Å². The van der Waals surface area contributed by atoms with E-state index in [-0.39, 0.29) is 17.1 Å². The standard InChI is InChI=1S/C13H11NO2.C8H5NO/c1-9(15)13(10(2)16)7-11-3-5-12(8-14)6-4-11;9-5-7-1-3-8(6-10)4-2-7/h3-7H,1-2H3;1-4,6H. The molecule has 0 aromatic heterocycles. The summed E-state index contributed by atoms with van der Waals surface area (Å²) in [6.07, 6.45) is 2.28. The summed E-state index contributed by atoms with van der Waals surface area (Å²) in [5.41, 5.74) is 2.62. The zero-order valence-corrected chi connectivity index (χ0v) is 14.4. The maximum atomic E-state index is 11.2. The van der Waals surface area contributed by atoms with Crippen molar-refractivity contribution >= 4 is 23.9 Å². The lowest BCUT2D eigenvalue weighted by Gasteiger charge is -1.99. The molecule has 0 saturated carbocycles. The predicted octanol–water partition coefficient (Wildman–Crippen LogP) is 3.49. The van der Waals surface area contributed by atoms with Gasteiger partial charge in [-0.1, -0.05) is 24.3 Å². The van der Waals surface area contributed by atoms with Crippen molar-refractivity contribution < 1.29 is 14.4 Å². The average molecular weight is 344 g/mol. The molecule has 0 aliphatic rings. The Morgan fingerprint density at radius 2 is 1.15 bits per heavy atom. The molecule has 2 aromatic rings. The van der Waals surface area contributed by atoms with Gasteiger partial charge in [0, 0.05) is 5.56 Å². The van der Waals surface area contributed by atoms with Crippen molar-refractivity contribution in [3.05, 3.63) is 76.4 Å². The van der Waals surface area contributed by atoms with Gasteiger partial charge in [0.2, 0.25) is 0 Å². The van der Waals surface area contributed by atoms with Crippen molar-refractivity contribution in [2.75, 3.05) is 0 Å². The molecule has 128 valence electrons. The molecule has 0 N–H and O–H groups in total. The first kappa shape index (κ1) is 20.2. The normalized spacial score (nSPS) is 8.77. The molecule has 0 unspecified atom stereocenters. The average Bonchev–Trinajstić information content (AvgIpc) is 2.66. The number of carbonyl (C=O) groups excluding carboxylic acids is 3. The van der Waals surface area contributed by atoms with E-state index < -0.39 is 0 Å². The molecule has 0 fully saturated rings. The van der Waals surface area contributed by atoms with Crippen LogP contribution in [-0.2, 0) is 9.59 Å². The van der Waals surface area contributed by atoms with Crippen LogP contribution in [0.3, 0.4) is 0 Å². The summed E-state index contributed by atoms with van der Waals surface area (Å²) in [6.45, 7) is 2.72. The summed E-state index contributed by atoms with van der Waals surface area (Å²) >= 11 is 0. The highest BCUT2D eigenvalue weighted by Crippen LogP contribution is 2.10. The number of carbonyl (C=O) groups is 3. The van der Waals surface area contributed by atoms with Gasteiger partial charge in [0.15, 0.2) is 11.6 Å². The number of benzene rings is 2. The van der Waals surface area contributed by atoms with Crippen molar-refractivity contribution in [2.24, 2.45) is 0 Å². The SMILES string of the molecule is CC(=O)C(=Cc1ccc(C#N)cc1)C(C)=O.N#Cc1ccc(C=O)cc1. The molecule has 5 nitrogen and oxygen atoms in total. The van der Waals surface area contributed by atoms with Crippen LogP contribution in [0.5, 0.6) is 0 Å². The van der Waals surface area contributed by atoms with Crippen LogP contribution in [0, 0.1) is 22.7 Å². The molecule has 0 heterocycles. The van der Waals surface area contributed by atoms with Crippen molar-refractivity contribution in [3.63, 3.8) is 0 Å². The predicted molar refractivity (Wildman–Crippen MR) is 97.0 cm³/mol. The zero-order valence-electron chi connectivity index (χ0n) is 14.4. The highest BCUT2D eigenvalue weighted by molar-refractivity contribution is 6.21. The molecule has 2 rings (SSSR count). The smallest absolute Gasteiger partial charge is 0.163 e. The van der Waals surface area contributed by atoms with Crippen LogP contribution in [0.4, 0.5) is 0 Å². The molecule has 0 saturated heterocycles. The molecule has 0 atom stereocenters. The Morgan fingerprint density at radius 1 is 0.769 bits per heavy atom. The number of Topliss-reactive ketones (excluding diaryl/α,β-unsaturated/α-hetero) is 2. The third kappa shape index (κ3) is 6.35. The second-order valence-corrected chi connectivity index (χ2v) is 5.26. The van der Waals surface area contributed by atoms with Gasteiger partial charge in [-0.15, -0.1) is 0 Å². The Balaban J connectivity index is 0.000000289. The molecule has 0 aliphatic heterocycles. The quantitative estimate of drug-likeness (QED) is 0.366. The van der Waals surface area contributed by atoms with Crippen LogP contribution in [-0.4, -0.2) is 17.9 Å². The summed E-state index contributed by atoms with van der Waals surface area (Å²) in [6, 6.07) is 17.1. The molecule has 5 heteroatoms. The fourth-order valence-corrected chi connectivity index (χ4v) is 1.91. The van der Waals surface area contributed by atoms with Crippen LogP contribution in [0.15, 0.2) is 54.1 Å². The minimum Gasteiger partial charge on any atom is -0.298 e. The molecule has 0 bridgehead atoms. The Kier molecular flexibility index (Phi) is 7.87. The number of hydrogen-bond acceptors (Lipinski definition) is 5. The van der Waals surface area contributed by atoms with Gasteiger partial charge in [-0.05, 0) is 49.8 Å². The molecular formula is C21H16N2O3. The fraction of sp³-hybridized carbons (Fsp3) is 0.0952. The number of allylic oxidation sites excluding steroid dienone is 1. The summed E-state index contributed by atoms with van der Waals surface area (Å²) in [7, 11) is 0. The summed E-state index contributed by atoms with van der Waals surface area (Å²) in [4.78, 5) is 32.5. The van der Waals surface area contributed by atoms with E-state index in [2.05, 4.69) is 0 Å². The lowest BCUT2D eigenvalue weighted by atomic mass is 10.0. The number of ketones is 2. The molecule has 26 heavy (non-hydrogen) atoms. The van der Waals surface area contributed by atoms with Gasteiger partial charge in [0.05, 0.1) is 28.8 Å². The Labute approximate surface area is 151 Å². The Hall–Kier alpha value is -3.83. The third-order valence-electron chi connectivity index (χ3n) is 3.29. The van der Waals surface area contributed by atoms with Gasteiger partial charge in [0.1, 0.15) is 6.29 Å². The molecule has 0 spiro atoms. The largest absolute Gasteiger partial charge is 0.298 e. The lowest BCUT2D eigenvalue weighted by molar-refractivity contribution is -0.119. The van der Waals surface area contributed by atoms with Crippen molar-refractivity contribution in [1.82, 2.24) is 0 Å². The fourth-order valence-electron chi connectivity index (χ4n) is 1.91. The van der Waals surface area contributed by atoms with Gasteiger partial charge < -0.3 is 0 Å². The van der Waals surface area contributed by atoms with E-state index in [1.54, 1.807) is 48.5 Å². The van der Waals surface area contributed by atoms with Gasteiger partial charge in [0.25, 0.3) is 0 Å². The molecular weight excluding hydrogens is 328 g/mol. The maximum Gasteiger partial charge on any atom is 0.163 e. The summed E-state index contributed by atoms with van der Waals surface area (Å²) < 4.78 is 0. The summed E-state index contributed by atoms with van der Waals surface area (Å²) in [5, 5.41) is 17.0. The second kappa shape index (κ2) is 10.1. The first-order valence-corrected chi connectivity index (χ1v) is 7.60. The molecule has 0 amide bonds. The number of nitrogens with zero attached hydrogens (tertiary/aromatic N) is 2. The minimum absolute atomic E-state index is 0.171. The lowest BCUT2D eigenvalue weighted by Crippen LogP contribution is -2.05. The highest BCUT2D eigenvalue weighted by atomic mass is 16.1. The third-order valence-corrected chi connectivity index (χ3v) is 3.29. The second-order valence-electron chi connectivity index (χ2n) is 5.26. The molecule has 2 aromatic carbocycles. The van der Waals surface area contributed by atoms with Gasteiger partial charge in [-0.2, -0.15) is 10.5 Å². The van der Waals surface area contributed by atoms with Gasteiger partial charge >= 0.3 is 0 Å². The van der Waals surface area contributed by atoms with Gasteiger partial charge in [-0.3, -0.25) is 14.4 Å². The number of rotatable bonds is 4. The van der Waals surface area contributed by atoms with Crippen molar-refractivity contribution in [1.29, 1.82) is 10.5 Å². The van der Waals surface area contributed by atoms with Gasteiger partial charge in [-0.25, -0.2) is 0 Å². The van der Waals surface area contributed by atoms with Crippen LogP contribution in [0.2, 0.25) is 0 Å². The van der Waals surface area contributed by atoms with Crippen LogP contribution in [0.1, 0.15) is 40.9 Å². The van der Waals surface area contributed by atoms with Crippen LogP contribution in [0.25, 0.3) is 6.08 Å². The first-order chi connectivity index (χ1) is 12.4. The topological polar surface area (TPSA) is 98.8 Å². The highest BCUT2D eigenvalue weighted by Gasteiger charge is 2.08. The maximum absolute atomic E-state index is 11.2. The summed E-state index contributed by atoms with van der Waals surface area (Å²) in [5.74, 6) is -0.506. The van der Waals surface area contributed by atoms with E-state index in [0.29, 0.717) is 16.7 Å². The molecule has 0 aliphatic carbocycles. The van der Waals surface area contributed by atoms with E-state index in [0.717, 1.165) is 11.8 Å². The Bertz CT molecular complexity index is 894. The van der Waals surface area contributed by atoms with Crippen LogP contribution < -0.4 is 0 Å². The van der Waals surface area contributed by atoms with E-state index in [1.165, 1.54) is 19.9 Å². The number of hydrogen-bond donors (Lipinski definition) is 0. The van der Waals surface area contributed by atoms with Crippen molar-refractivity contribution in [2.45, 2.75) is 13.8 Å². The number of aldehydes is 1.